The average Bonchev–Trinajstić information content (AvgIpc) is 3.27. The van der Waals surface area contributed by atoms with E-state index in [-0.39, 0.29) is 22.0 Å². The van der Waals surface area contributed by atoms with Gasteiger partial charge in [-0.1, -0.05) is 24.3 Å². The van der Waals surface area contributed by atoms with Crippen LogP contribution >= 0.6 is 11.5 Å². The third kappa shape index (κ3) is 5.69. The van der Waals surface area contributed by atoms with Crippen molar-refractivity contribution >= 4 is 44.5 Å². The first kappa shape index (κ1) is 24.7. The van der Waals surface area contributed by atoms with Gasteiger partial charge >= 0.3 is 5.97 Å². The Balaban J connectivity index is 1.70. The zero-order valence-corrected chi connectivity index (χ0v) is 19.5. The van der Waals surface area contributed by atoms with Crippen LogP contribution in [0.15, 0.2) is 59.3 Å². The monoisotopic (exact) mass is 500 g/mol. The normalized spacial score (nSPS) is 11.7. The zero-order valence-electron chi connectivity index (χ0n) is 17.9. The number of nitrogens with one attached hydrogen (secondary N) is 1. The first-order valence-corrected chi connectivity index (χ1v) is 12.0. The first-order chi connectivity index (χ1) is 16.1. The minimum absolute atomic E-state index is 0.0687. The van der Waals surface area contributed by atoms with Gasteiger partial charge in [0.15, 0.2) is 0 Å². The summed E-state index contributed by atoms with van der Waals surface area (Å²) in [7, 11) is -3.70. The Kier molecular flexibility index (Phi) is 7.50. The van der Waals surface area contributed by atoms with E-state index in [0.29, 0.717) is 17.1 Å². The van der Waals surface area contributed by atoms with Crippen molar-refractivity contribution in [3.8, 4) is 11.8 Å². The van der Waals surface area contributed by atoms with E-state index in [0.717, 1.165) is 6.07 Å². The van der Waals surface area contributed by atoms with Gasteiger partial charge in [-0.2, -0.15) is 14.6 Å². The van der Waals surface area contributed by atoms with Crippen molar-refractivity contribution in [2.75, 3.05) is 5.32 Å². The van der Waals surface area contributed by atoms with Gasteiger partial charge in [-0.3, -0.25) is 10.1 Å². The molecule has 0 atom stereocenters. The lowest BCUT2D eigenvalue weighted by molar-refractivity contribution is -0.112. The summed E-state index contributed by atoms with van der Waals surface area (Å²) >= 11 is 0.679. The second kappa shape index (κ2) is 10.3. The molecule has 0 radical (unpaired) electrons. The summed E-state index contributed by atoms with van der Waals surface area (Å²) in [4.78, 5) is 28.3. The highest BCUT2D eigenvalue weighted by atomic mass is 32.2. The number of carbonyl (C=O) groups excluding carboxylic acids is 2. The van der Waals surface area contributed by atoms with E-state index in [1.807, 2.05) is 0 Å². The number of hydrogen-bond donors (Lipinski definition) is 1. The summed E-state index contributed by atoms with van der Waals surface area (Å²) in [5, 5.41) is 10.5. The number of nitrogens with zero attached hydrogens (tertiary/aromatic N) is 3. The molecule has 1 aromatic heterocycles. The fourth-order valence-electron chi connectivity index (χ4n) is 2.49. The lowest BCUT2D eigenvalue weighted by atomic mass is 10.1. The van der Waals surface area contributed by atoms with Crippen LogP contribution in [-0.4, -0.2) is 34.9 Å². The molecule has 3 aromatic rings. The standard InChI is InChI=1S/C22H17FN4O5S2/c1-13(2)34(30,31)22-26-21(33-27-22)25-19(28)15(12-24)11-14-7-9-16(10-8-14)32-20(29)17-5-3-4-6-18(17)23/h3-11,13H,1-2H3,(H,25,26,27,28)/b15-11-. The van der Waals surface area contributed by atoms with Crippen molar-refractivity contribution in [3.63, 3.8) is 0 Å². The molecule has 1 heterocycles. The molecule has 174 valence electrons. The van der Waals surface area contributed by atoms with Gasteiger partial charge < -0.3 is 4.74 Å². The van der Waals surface area contributed by atoms with Crippen LogP contribution in [0.25, 0.3) is 6.08 Å². The highest BCUT2D eigenvalue weighted by Gasteiger charge is 2.25. The number of hydrogen-bond acceptors (Lipinski definition) is 9. The van der Waals surface area contributed by atoms with E-state index < -0.39 is 37.9 Å². The average molecular weight is 501 g/mol. The van der Waals surface area contributed by atoms with Crippen LogP contribution in [0.2, 0.25) is 0 Å². The van der Waals surface area contributed by atoms with Crippen LogP contribution in [0.3, 0.4) is 0 Å². The number of aromatic nitrogens is 2. The van der Waals surface area contributed by atoms with Crippen molar-refractivity contribution in [2.45, 2.75) is 24.3 Å². The van der Waals surface area contributed by atoms with Crippen LogP contribution < -0.4 is 10.1 Å². The minimum Gasteiger partial charge on any atom is -0.423 e. The highest BCUT2D eigenvalue weighted by Crippen LogP contribution is 2.20. The van der Waals surface area contributed by atoms with E-state index in [9.17, 15) is 27.7 Å². The number of ether oxygens (including phenoxy) is 1. The number of carbonyl (C=O) groups is 2. The molecule has 0 saturated heterocycles. The predicted molar refractivity (Wildman–Crippen MR) is 122 cm³/mol. The smallest absolute Gasteiger partial charge is 0.346 e. The summed E-state index contributed by atoms with van der Waals surface area (Å²) in [6, 6.07) is 13.0. The Morgan fingerprint density at radius 2 is 1.85 bits per heavy atom. The van der Waals surface area contributed by atoms with Gasteiger partial charge in [-0.15, -0.1) is 0 Å². The molecule has 0 aliphatic carbocycles. The second-order valence-electron chi connectivity index (χ2n) is 7.04. The predicted octanol–water partition coefficient (Wildman–Crippen LogP) is 3.62. The van der Waals surface area contributed by atoms with E-state index in [4.69, 9.17) is 4.74 Å². The number of amides is 1. The Morgan fingerprint density at radius 1 is 1.18 bits per heavy atom. The number of rotatable bonds is 7. The molecule has 0 fully saturated rings. The number of nitriles is 1. The van der Waals surface area contributed by atoms with Crippen molar-refractivity contribution in [1.82, 2.24) is 9.36 Å². The molecular formula is C22H17FN4O5S2. The summed E-state index contributed by atoms with van der Waals surface area (Å²) in [6.07, 6.45) is 1.28. The van der Waals surface area contributed by atoms with Crippen LogP contribution in [0.1, 0.15) is 29.8 Å². The minimum atomic E-state index is -3.70. The third-order valence-corrected chi connectivity index (χ3v) is 7.04. The van der Waals surface area contributed by atoms with Crippen molar-refractivity contribution in [3.05, 3.63) is 71.0 Å². The Bertz CT molecular complexity index is 1410. The topological polar surface area (TPSA) is 139 Å². The molecule has 0 spiro atoms. The number of esters is 1. The number of halogens is 1. The van der Waals surface area contributed by atoms with Crippen LogP contribution in [-0.2, 0) is 14.6 Å². The van der Waals surface area contributed by atoms with Crippen LogP contribution in [0.5, 0.6) is 5.75 Å². The van der Waals surface area contributed by atoms with Crippen molar-refractivity contribution in [1.29, 1.82) is 5.26 Å². The first-order valence-electron chi connectivity index (χ1n) is 9.69. The lowest BCUT2D eigenvalue weighted by Crippen LogP contribution is -2.16. The molecule has 2 aromatic carbocycles. The Hall–Kier alpha value is -3.95. The SMILES string of the molecule is CC(C)S(=O)(=O)c1nsc(NC(=O)/C(C#N)=C\c2ccc(OC(=O)c3ccccc3F)cc2)n1. The summed E-state index contributed by atoms with van der Waals surface area (Å²) in [5.41, 5.74) is -0.0479. The van der Waals surface area contributed by atoms with Gasteiger partial charge in [-0.25, -0.2) is 17.6 Å². The molecule has 0 unspecified atom stereocenters. The third-order valence-electron chi connectivity index (χ3n) is 4.36. The van der Waals surface area contributed by atoms with Gasteiger partial charge in [0, 0.05) is 11.5 Å². The van der Waals surface area contributed by atoms with E-state index in [1.165, 1.54) is 62.4 Å². The maximum absolute atomic E-state index is 13.7. The molecular weight excluding hydrogens is 483 g/mol. The van der Waals surface area contributed by atoms with Crippen molar-refractivity contribution < 1.29 is 27.1 Å². The highest BCUT2D eigenvalue weighted by molar-refractivity contribution is 7.91. The van der Waals surface area contributed by atoms with Crippen molar-refractivity contribution in [2.24, 2.45) is 0 Å². The maximum Gasteiger partial charge on any atom is 0.346 e. The fourth-order valence-corrected chi connectivity index (χ4v) is 4.18. The molecule has 9 nitrogen and oxygen atoms in total. The van der Waals surface area contributed by atoms with E-state index in [2.05, 4.69) is 14.7 Å². The lowest BCUT2D eigenvalue weighted by Gasteiger charge is -2.05. The van der Waals surface area contributed by atoms with E-state index >= 15 is 0 Å². The van der Waals surface area contributed by atoms with E-state index in [1.54, 1.807) is 6.07 Å². The summed E-state index contributed by atoms with van der Waals surface area (Å²) in [5.74, 6) is -2.24. The molecule has 1 N–H and O–H groups in total. The molecule has 12 heteroatoms. The van der Waals surface area contributed by atoms with Crippen LogP contribution in [0.4, 0.5) is 9.52 Å². The Morgan fingerprint density at radius 3 is 2.47 bits per heavy atom. The van der Waals surface area contributed by atoms with Gasteiger partial charge in [0.1, 0.15) is 23.2 Å². The van der Waals surface area contributed by atoms with Gasteiger partial charge in [0.2, 0.25) is 15.0 Å². The maximum atomic E-state index is 13.7. The molecule has 34 heavy (non-hydrogen) atoms. The van der Waals surface area contributed by atoms with Gasteiger partial charge in [-0.05, 0) is 49.8 Å². The molecule has 0 aliphatic rings. The molecule has 0 aliphatic heterocycles. The van der Waals surface area contributed by atoms with Gasteiger partial charge in [0.05, 0.1) is 10.8 Å². The molecule has 0 bridgehead atoms. The van der Waals surface area contributed by atoms with Gasteiger partial charge in [0.25, 0.3) is 11.1 Å². The number of benzene rings is 2. The largest absolute Gasteiger partial charge is 0.423 e. The number of sulfone groups is 1. The summed E-state index contributed by atoms with van der Waals surface area (Å²) in [6.45, 7) is 2.97. The molecule has 3 rings (SSSR count). The quantitative estimate of drug-likeness (QED) is 0.225. The molecule has 1 amide bonds. The molecule has 0 saturated carbocycles. The zero-order chi connectivity index (χ0) is 24.9. The summed E-state index contributed by atoms with van der Waals surface area (Å²) < 4.78 is 46.8. The second-order valence-corrected chi connectivity index (χ2v) is 10.2. The van der Waals surface area contributed by atoms with Crippen LogP contribution in [0, 0.1) is 17.1 Å². The number of anilines is 1. The fraction of sp³-hybridized carbons (Fsp3) is 0.136. The Labute approximate surface area is 198 Å².